The highest BCUT2D eigenvalue weighted by atomic mass is 32.2. The zero-order valence-corrected chi connectivity index (χ0v) is 16.7. The van der Waals surface area contributed by atoms with Crippen LogP contribution in [0.4, 0.5) is 9.93 Å². The first-order chi connectivity index (χ1) is 12.9. The van der Waals surface area contributed by atoms with Gasteiger partial charge < -0.3 is 21.1 Å². The van der Waals surface area contributed by atoms with Crippen LogP contribution in [0.1, 0.15) is 22.7 Å². The Hall–Kier alpha value is -2.59. The molecule has 1 aliphatic rings. The Kier molecular flexibility index (Phi) is 5.66. The van der Waals surface area contributed by atoms with Crippen LogP contribution in [0.5, 0.6) is 0 Å². The normalized spacial score (nSPS) is 16.7. The van der Waals surface area contributed by atoms with Gasteiger partial charge in [0, 0.05) is 11.4 Å². The molecule has 0 aliphatic carbocycles. The molecule has 0 unspecified atom stereocenters. The molecule has 0 saturated carbocycles. The van der Waals surface area contributed by atoms with Crippen molar-refractivity contribution >= 4 is 40.2 Å². The van der Waals surface area contributed by atoms with Crippen LogP contribution in [-0.4, -0.2) is 35.1 Å². The van der Waals surface area contributed by atoms with Crippen molar-refractivity contribution < 1.29 is 14.3 Å². The summed E-state index contributed by atoms with van der Waals surface area (Å²) in [6.07, 6.45) is 0. The predicted octanol–water partition coefficient (Wildman–Crippen LogP) is 2.31. The van der Waals surface area contributed by atoms with E-state index < -0.39 is 12.0 Å². The van der Waals surface area contributed by atoms with Crippen molar-refractivity contribution in [2.75, 3.05) is 18.6 Å². The van der Waals surface area contributed by atoms with Gasteiger partial charge in [-0.2, -0.15) is 0 Å². The molecular formula is C17H19N5O3S2. The average molecular weight is 406 g/mol. The van der Waals surface area contributed by atoms with Gasteiger partial charge in [0.1, 0.15) is 0 Å². The van der Waals surface area contributed by atoms with Crippen molar-refractivity contribution in [3.63, 3.8) is 0 Å². The van der Waals surface area contributed by atoms with Gasteiger partial charge in [0.15, 0.2) is 4.34 Å². The lowest BCUT2D eigenvalue weighted by Gasteiger charge is -2.30. The zero-order valence-electron chi connectivity index (χ0n) is 15.0. The van der Waals surface area contributed by atoms with Gasteiger partial charge in [-0.1, -0.05) is 46.9 Å². The number of aryl methyl sites for hydroxylation is 2. The molecule has 1 aliphatic heterocycles. The third-order valence-corrected chi connectivity index (χ3v) is 5.97. The van der Waals surface area contributed by atoms with E-state index in [1.54, 1.807) is 0 Å². The van der Waals surface area contributed by atoms with Crippen LogP contribution < -0.4 is 16.4 Å². The second kappa shape index (κ2) is 7.97. The lowest BCUT2D eigenvalue weighted by molar-refractivity contribution is -0.136. The van der Waals surface area contributed by atoms with Crippen molar-refractivity contribution in [2.45, 2.75) is 24.2 Å². The van der Waals surface area contributed by atoms with Crippen molar-refractivity contribution in [2.24, 2.45) is 0 Å². The van der Waals surface area contributed by atoms with E-state index in [0.717, 1.165) is 16.7 Å². The largest absolute Gasteiger partial charge is 0.466 e. The summed E-state index contributed by atoms with van der Waals surface area (Å²) in [7, 11) is 1.32. The van der Waals surface area contributed by atoms with Crippen LogP contribution in [0.3, 0.4) is 0 Å². The average Bonchev–Trinajstić information content (AvgIpc) is 3.04. The molecule has 1 aromatic heterocycles. The second-order valence-electron chi connectivity index (χ2n) is 5.97. The van der Waals surface area contributed by atoms with Crippen LogP contribution in [-0.2, 0) is 9.53 Å². The lowest BCUT2D eigenvalue weighted by Crippen LogP contribution is -2.46. The number of benzene rings is 1. The van der Waals surface area contributed by atoms with E-state index in [2.05, 4.69) is 20.8 Å². The highest BCUT2D eigenvalue weighted by Gasteiger charge is 2.34. The van der Waals surface area contributed by atoms with Gasteiger partial charge in [-0.05, 0) is 25.0 Å². The van der Waals surface area contributed by atoms with E-state index in [9.17, 15) is 9.59 Å². The lowest BCUT2D eigenvalue weighted by atomic mass is 9.91. The molecule has 27 heavy (non-hydrogen) atoms. The molecule has 1 aromatic carbocycles. The fourth-order valence-corrected chi connectivity index (χ4v) is 4.48. The number of hydrogen-bond donors (Lipinski definition) is 3. The summed E-state index contributed by atoms with van der Waals surface area (Å²) in [4.78, 5) is 24.8. The standard InChI is InChI=1S/C17H19N5O3S2/c1-8-4-5-10(9(2)6-8)13-12(14(23)25-3)11(19-16(24)20-13)7-26-17-22-21-15(18)27-17/h4-6,13H,7H2,1-3H3,(H2,18,21)(H2,19,20,24)/t13-/m1/s1. The predicted molar refractivity (Wildman–Crippen MR) is 104 cm³/mol. The van der Waals surface area contributed by atoms with E-state index in [0.29, 0.717) is 26.5 Å². The van der Waals surface area contributed by atoms with Crippen molar-refractivity contribution in [1.82, 2.24) is 20.8 Å². The van der Waals surface area contributed by atoms with Gasteiger partial charge >= 0.3 is 12.0 Å². The molecular weight excluding hydrogens is 386 g/mol. The number of nitrogens with one attached hydrogen (secondary N) is 2. The number of carbonyl (C=O) groups excluding carboxylic acids is 2. The number of amides is 2. The zero-order chi connectivity index (χ0) is 19.6. The van der Waals surface area contributed by atoms with Gasteiger partial charge in [-0.25, -0.2) is 9.59 Å². The van der Waals surface area contributed by atoms with E-state index >= 15 is 0 Å². The summed E-state index contributed by atoms with van der Waals surface area (Å²) in [5.41, 5.74) is 9.38. The maximum atomic E-state index is 12.5. The molecule has 2 heterocycles. The number of aromatic nitrogens is 2. The second-order valence-corrected chi connectivity index (χ2v) is 8.20. The van der Waals surface area contributed by atoms with Crippen LogP contribution >= 0.6 is 23.1 Å². The fraction of sp³-hybridized carbons (Fsp3) is 0.294. The molecule has 4 N–H and O–H groups in total. The van der Waals surface area contributed by atoms with Crippen molar-refractivity contribution in [3.05, 3.63) is 46.2 Å². The number of rotatable bonds is 5. The van der Waals surface area contributed by atoms with Gasteiger partial charge in [0.05, 0.1) is 18.7 Å². The molecule has 0 fully saturated rings. The first-order valence-electron chi connectivity index (χ1n) is 8.07. The Morgan fingerprint density at radius 2 is 2.15 bits per heavy atom. The van der Waals surface area contributed by atoms with Gasteiger partial charge in [0.25, 0.3) is 0 Å². The Morgan fingerprint density at radius 1 is 1.37 bits per heavy atom. The third kappa shape index (κ3) is 4.22. The topological polar surface area (TPSA) is 119 Å². The maximum absolute atomic E-state index is 12.5. The van der Waals surface area contributed by atoms with Crippen LogP contribution in [0.15, 0.2) is 33.8 Å². The molecule has 0 saturated heterocycles. The third-order valence-electron chi connectivity index (χ3n) is 4.06. The van der Waals surface area contributed by atoms with Gasteiger partial charge in [0.2, 0.25) is 5.13 Å². The number of ether oxygens (including phenoxy) is 1. The van der Waals surface area contributed by atoms with Crippen molar-refractivity contribution in [1.29, 1.82) is 0 Å². The Balaban J connectivity index is 2.00. The van der Waals surface area contributed by atoms with Crippen LogP contribution in [0.2, 0.25) is 0 Å². The Bertz CT molecular complexity index is 925. The fourth-order valence-electron chi connectivity index (χ4n) is 2.88. The van der Waals surface area contributed by atoms with E-state index in [1.165, 1.54) is 30.2 Å². The molecule has 8 nitrogen and oxygen atoms in total. The molecule has 0 radical (unpaired) electrons. The monoisotopic (exact) mass is 405 g/mol. The molecule has 2 aromatic rings. The number of nitrogens with two attached hydrogens (primary N) is 1. The van der Waals surface area contributed by atoms with E-state index in [4.69, 9.17) is 10.5 Å². The molecule has 2 amide bonds. The molecule has 142 valence electrons. The SMILES string of the molecule is COC(=O)C1=C(CSc2nnc(N)s2)NC(=O)N[C@@H]1c1ccc(C)cc1C. The smallest absolute Gasteiger partial charge is 0.338 e. The number of methoxy groups -OCH3 is 1. The quantitative estimate of drug-likeness (QED) is 0.516. The number of nitrogen functional groups attached to an aromatic ring is 1. The van der Waals surface area contributed by atoms with Gasteiger partial charge in [-0.3, -0.25) is 0 Å². The summed E-state index contributed by atoms with van der Waals surface area (Å²) in [6, 6.07) is 4.91. The number of nitrogens with zero attached hydrogens (tertiary/aromatic N) is 2. The first-order valence-corrected chi connectivity index (χ1v) is 9.87. The summed E-state index contributed by atoms with van der Waals surface area (Å²) >= 11 is 2.59. The minimum atomic E-state index is -0.595. The Morgan fingerprint density at radius 3 is 2.78 bits per heavy atom. The number of urea groups is 1. The molecule has 10 heteroatoms. The Labute approximate surface area is 164 Å². The molecule has 0 bridgehead atoms. The highest BCUT2D eigenvalue weighted by Crippen LogP contribution is 2.33. The van der Waals surface area contributed by atoms with Crippen LogP contribution in [0.25, 0.3) is 0 Å². The minimum absolute atomic E-state index is 0.327. The number of esters is 1. The molecule has 1 atom stereocenters. The minimum Gasteiger partial charge on any atom is -0.466 e. The highest BCUT2D eigenvalue weighted by molar-refractivity contribution is 8.01. The maximum Gasteiger partial charge on any atom is 0.338 e. The summed E-state index contributed by atoms with van der Waals surface area (Å²) in [5.74, 6) is -0.173. The van der Waals surface area contributed by atoms with E-state index in [-0.39, 0.29) is 6.03 Å². The van der Waals surface area contributed by atoms with Crippen molar-refractivity contribution in [3.8, 4) is 0 Å². The van der Waals surface area contributed by atoms with Crippen LogP contribution in [0, 0.1) is 13.8 Å². The number of hydrogen-bond acceptors (Lipinski definition) is 8. The van der Waals surface area contributed by atoms with E-state index in [1.807, 2.05) is 32.0 Å². The molecule has 3 rings (SSSR count). The summed E-state index contributed by atoms with van der Waals surface area (Å²) < 4.78 is 5.64. The number of anilines is 1. The van der Waals surface area contributed by atoms with Gasteiger partial charge in [-0.15, -0.1) is 10.2 Å². The first kappa shape index (κ1) is 19.2. The number of thioether (sulfide) groups is 1. The number of carbonyl (C=O) groups is 2. The molecule has 0 spiro atoms. The summed E-state index contributed by atoms with van der Waals surface area (Å²) in [5, 5.41) is 13.6. The summed E-state index contributed by atoms with van der Waals surface area (Å²) in [6.45, 7) is 3.94.